The second-order valence-corrected chi connectivity index (χ2v) is 6.29. The predicted octanol–water partition coefficient (Wildman–Crippen LogP) is 1.60. The lowest BCUT2D eigenvalue weighted by molar-refractivity contribution is 0.0352. The number of thiazole rings is 1. The summed E-state index contributed by atoms with van der Waals surface area (Å²) in [6, 6.07) is 0. The standard InChI is InChI=1S/C12H18N2O2S/c1-7-5-14(6-12(7,4)16)11(15)10-8(2)13-9(3)17-10/h7,16H,5-6H2,1-4H3/t7-,12+/m1/s1. The number of hydrogen-bond acceptors (Lipinski definition) is 4. The van der Waals surface area contributed by atoms with E-state index < -0.39 is 5.60 Å². The second kappa shape index (κ2) is 4.07. The van der Waals surface area contributed by atoms with Crippen LogP contribution in [0.3, 0.4) is 0 Å². The number of carbonyl (C=O) groups is 1. The van der Waals surface area contributed by atoms with E-state index in [4.69, 9.17) is 0 Å². The van der Waals surface area contributed by atoms with Crippen molar-refractivity contribution >= 4 is 17.2 Å². The van der Waals surface area contributed by atoms with Crippen molar-refractivity contribution in [2.24, 2.45) is 5.92 Å². The van der Waals surface area contributed by atoms with Gasteiger partial charge in [-0.25, -0.2) is 4.98 Å². The number of aromatic nitrogens is 1. The normalized spacial score (nSPS) is 28.8. The minimum absolute atomic E-state index is 0.00211. The van der Waals surface area contributed by atoms with Crippen molar-refractivity contribution in [3.8, 4) is 0 Å². The van der Waals surface area contributed by atoms with Crippen LogP contribution in [-0.2, 0) is 0 Å². The van der Waals surface area contributed by atoms with Gasteiger partial charge in [0.1, 0.15) is 4.88 Å². The van der Waals surface area contributed by atoms with Crippen LogP contribution in [-0.4, -0.2) is 39.6 Å². The first kappa shape index (κ1) is 12.5. The third kappa shape index (κ3) is 2.21. The molecule has 0 radical (unpaired) electrons. The summed E-state index contributed by atoms with van der Waals surface area (Å²) in [6.45, 7) is 8.53. The number of likely N-dealkylation sites (tertiary alicyclic amines) is 1. The highest BCUT2D eigenvalue weighted by Crippen LogP contribution is 2.29. The van der Waals surface area contributed by atoms with Crippen LogP contribution in [0.25, 0.3) is 0 Å². The number of amides is 1. The summed E-state index contributed by atoms with van der Waals surface area (Å²) in [7, 11) is 0. The molecule has 1 N–H and O–H groups in total. The summed E-state index contributed by atoms with van der Waals surface area (Å²) in [5.41, 5.74) is 0.0141. The van der Waals surface area contributed by atoms with E-state index in [-0.39, 0.29) is 11.8 Å². The van der Waals surface area contributed by atoms with Crippen LogP contribution in [0.1, 0.15) is 34.2 Å². The largest absolute Gasteiger partial charge is 0.388 e. The van der Waals surface area contributed by atoms with Gasteiger partial charge in [0.05, 0.1) is 16.3 Å². The molecule has 2 heterocycles. The Bertz CT molecular complexity index is 453. The van der Waals surface area contributed by atoms with Crippen LogP contribution >= 0.6 is 11.3 Å². The van der Waals surface area contributed by atoms with Crippen molar-refractivity contribution in [1.82, 2.24) is 9.88 Å². The highest BCUT2D eigenvalue weighted by atomic mass is 32.1. The SMILES string of the molecule is Cc1nc(C)c(C(=O)N2C[C@@H](C)[C@@](C)(O)C2)s1. The van der Waals surface area contributed by atoms with Gasteiger partial charge in [-0.15, -0.1) is 11.3 Å². The zero-order chi connectivity index (χ0) is 12.8. The van der Waals surface area contributed by atoms with Crippen LogP contribution in [0.5, 0.6) is 0 Å². The zero-order valence-electron chi connectivity index (χ0n) is 10.6. The van der Waals surface area contributed by atoms with Gasteiger partial charge in [-0.3, -0.25) is 4.79 Å². The lowest BCUT2D eigenvalue weighted by Gasteiger charge is -2.20. The number of β-amino-alcohol motifs (C(OH)–C–C–N with tert-alkyl or cyclic N) is 1. The van der Waals surface area contributed by atoms with Gasteiger partial charge in [0.25, 0.3) is 5.91 Å². The van der Waals surface area contributed by atoms with E-state index in [1.807, 2.05) is 20.8 Å². The number of hydrogen-bond donors (Lipinski definition) is 1. The molecule has 2 atom stereocenters. The molecule has 94 valence electrons. The Labute approximate surface area is 105 Å². The Hall–Kier alpha value is -0.940. The van der Waals surface area contributed by atoms with E-state index in [9.17, 15) is 9.90 Å². The van der Waals surface area contributed by atoms with E-state index in [1.165, 1.54) is 11.3 Å². The van der Waals surface area contributed by atoms with Crippen LogP contribution < -0.4 is 0 Å². The van der Waals surface area contributed by atoms with Gasteiger partial charge >= 0.3 is 0 Å². The monoisotopic (exact) mass is 254 g/mol. The molecule has 1 fully saturated rings. The molecule has 1 aliphatic rings. The molecule has 0 unspecified atom stereocenters. The molecule has 1 aliphatic heterocycles. The van der Waals surface area contributed by atoms with Gasteiger partial charge in [0.2, 0.25) is 0 Å². The van der Waals surface area contributed by atoms with E-state index in [2.05, 4.69) is 4.98 Å². The van der Waals surface area contributed by atoms with E-state index >= 15 is 0 Å². The van der Waals surface area contributed by atoms with Gasteiger partial charge in [-0.05, 0) is 20.8 Å². The molecule has 5 heteroatoms. The fourth-order valence-electron chi connectivity index (χ4n) is 2.16. The first-order valence-electron chi connectivity index (χ1n) is 5.77. The summed E-state index contributed by atoms with van der Waals surface area (Å²) in [6.07, 6.45) is 0. The van der Waals surface area contributed by atoms with Gasteiger partial charge in [0, 0.05) is 19.0 Å². The lowest BCUT2D eigenvalue weighted by Crippen LogP contribution is -2.35. The third-order valence-corrected chi connectivity index (χ3v) is 4.51. The molecule has 4 nitrogen and oxygen atoms in total. The summed E-state index contributed by atoms with van der Waals surface area (Å²) in [5, 5.41) is 11.0. The van der Waals surface area contributed by atoms with Crippen molar-refractivity contribution < 1.29 is 9.90 Å². The third-order valence-electron chi connectivity index (χ3n) is 3.45. The minimum Gasteiger partial charge on any atom is -0.388 e. The number of aryl methyl sites for hydroxylation is 2. The van der Waals surface area contributed by atoms with Crippen LogP contribution in [0, 0.1) is 19.8 Å². The summed E-state index contributed by atoms with van der Waals surface area (Å²) in [4.78, 5) is 19.0. The number of aliphatic hydroxyl groups is 1. The maximum absolute atomic E-state index is 12.3. The first-order valence-corrected chi connectivity index (χ1v) is 6.58. The molecule has 1 saturated heterocycles. The van der Waals surface area contributed by atoms with E-state index in [0.29, 0.717) is 18.0 Å². The second-order valence-electron chi connectivity index (χ2n) is 5.09. The smallest absolute Gasteiger partial charge is 0.265 e. The van der Waals surface area contributed by atoms with E-state index in [1.54, 1.807) is 11.8 Å². The quantitative estimate of drug-likeness (QED) is 0.828. The highest BCUT2D eigenvalue weighted by Gasteiger charge is 2.41. The summed E-state index contributed by atoms with van der Waals surface area (Å²) in [5.74, 6) is 0.110. The van der Waals surface area contributed by atoms with Crippen molar-refractivity contribution in [3.05, 3.63) is 15.6 Å². The van der Waals surface area contributed by atoms with Crippen molar-refractivity contribution in [2.45, 2.75) is 33.3 Å². The average Bonchev–Trinajstić information content (AvgIpc) is 2.67. The van der Waals surface area contributed by atoms with Crippen LogP contribution in [0.15, 0.2) is 0 Å². The molecule has 0 aromatic carbocycles. The number of nitrogens with zero attached hydrogens (tertiary/aromatic N) is 2. The molecule has 1 amide bonds. The van der Waals surface area contributed by atoms with Crippen LogP contribution in [0.2, 0.25) is 0 Å². The lowest BCUT2D eigenvalue weighted by atomic mass is 9.95. The minimum atomic E-state index is -0.775. The maximum Gasteiger partial charge on any atom is 0.265 e. The molecule has 0 bridgehead atoms. The summed E-state index contributed by atoms with van der Waals surface area (Å²) >= 11 is 1.43. The van der Waals surface area contributed by atoms with Gasteiger partial charge in [-0.1, -0.05) is 6.92 Å². The Morgan fingerprint density at radius 2 is 2.24 bits per heavy atom. The summed E-state index contributed by atoms with van der Waals surface area (Å²) < 4.78 is 0. The average molecular weight is 254 g/mol. The number of carbonyl (C=O) groups excluding carboxylic acids is 1. The molecule has 2 rings (SSSR count). The van der Waals surface area contributed by atoms with Crippen LogP contribution in [0.4, 0.5) is 0 Å². The molecule has 1 aromatic heterocycles. The Kier molecular flexibility index (Phi) is 2.99. The van der Waals surface area contributed by atoms with E-state index in [0.717, 1.165) is 10.7 Å². The van der Waals surface area contributed by atoms with Gasteiger partial charge < -0.3 is 10.0 Å². The fourth-order valence-corrected chi connectivity index (χ4v) is 3.05. The molecule has 0 aliphatic carbocycles. The Morgan fingerprint density at radius 1 is 1.59 bits per heavy atom. The maximum atomic E-state index is 12.3. The van der Waals surface area contributed by atoms with Gasteiger partial charge in [0.15, 0.2) is 0 Å². The molecule has 17 heavy (non-hydrogen) atoms. The molecular formula is C12H18N2O2S. The molecule has 0 spiro atoms. The molecular weight excluding hydrogens is 236 g/mol. The topological polar surface area (TPSA) is 53.4 Å². The van der Waals surface area contributed by atoms with Gasteiger partial charge in [-0.2, -0.15) is 0 Å². The first-order chi connectivity index (χ1) is 7.81. The predicted molar refractivity (Wildman–Crippen MR) is 67.3 cm³/mol. The molecule has 0 saturated carbocycles. The van der Waals surface area contributed by atoms with Crippen molar-refractivity contribution in [1.29, 1.82) is 0 Å². The molecule has 1 aromatic rings. The fraction of sp³-hybridized carbons (Fsp3) is 0.667. The zero-order valence-corrected chi connectivity index (χ0v) is 11.5. The highest BCUT2D eigenvalue weighted by molar-refractivity contribution is 7.13. The Morgan fingerprint density at radius 3 is 2.65 bits per heavy atom. The Balaban J connectivity index is 2.20. The van der Waals surface area contributed by atoms with Crippen molar-refractivity contribution in [2.75, 3.05) is 13.1 Å². The van der Waals surface area contributed by atoms with Crippen molar-refractivity contribution in [3.63, 3.8) is 0 Å². The number of rotatable bonds is 1.